The summed E-state index contributed by atoms with van der Waals surface area (Å²) in [5.74, 6) is 1.53. The molecule has 0 radical (unpaired) electrons. The van der Waals surface area contributed by atoms with Crippen molar-refractivity contribution in [2.24, 2.45) is 17.8 Å². The van der Waals surface area contributed by atoms with Gasteiger partial charge in [0.05, 0.1) is 30.9 Å². The summed E-state index contributed by atoms with van der Waals surface area (Å²) in [5, 5.41) is 3.34. The lowest BCUT2D eigenvalue weighted by atomic mass is 10.2. The highest BCUT2D eigenvalue weighted by atomic mass is 32.2. The number of morpholine rings is 1. The largest absolute Gasteiger partial charge is 0.497 e. The Bertz CT molecular complexity index is 1060. The van der Waals surface area contributed by atoms with E-state index in [1.807, 2.05) is 17.0 Å². The van der Waals surface area contributed by atoms with Gasteiger partial charge in [-0.1, -0.05) is 0 Å². The smallest absolute Gasteiger partial charge is 0.243 e. The first-order chi connectivity index (χ1) is 15.5. The molecule has 1 aliphatic carbocycles. The molecule has 2 heterocycles. The minimum absolute atomic E-state index is 0.232. The number of methoxy groups -OCH3 is 1. The topological polar surface area (TPSA) is 71.1 Å². The fourth-order valence-corrected chi connectivity index (χ4v) is 6.43. The predicted octanol–water partition coefficient (Wildman–Crippen LogP) is 2.65. The Balaban J connectivity index is 1.14. The van der Waals surface area contributed by atoms with Gasteiger partial charge in [-0.25, -0.2) is 12.8 Å². The number of hydrogen-bond donors (Lipinski definition) is 1. The minimum Gasteiger partial charge on any atom is -0.497 e. The zero-order valence-electron chi connectivity index (χ0n) is 18.0. The Labute approximate surface area is 188 Å². The Morgan fingerprint density at radius 3 is 2.41 bits per heavy atom. The maximum atomic E-state index is 14.6. The molecular formula is C23H28FN3O4S. The third-order valence-electron chi connectivity index (χ3n) is 6.88. The Morgan fingerprint density at radius 1 is 1.09 bits per heavy atom. The van der Waals surface area contributed by atoms with Crippen molar-refractivity contribution < 1.29 is 22.3 Å². The van der Waals surface area contributed by atoms with E-state index in [1.165, 1.54) is 0 Å². The summed E-state index contributed by atoms with van der Waals surface area (Å²) in [6.07, 6.45) is 0. The zero-order valence-corrected chi connectivity index (χ0v) is 18.9. The van der Waals surface area contributed by atoms with Crippen LogP contribution in [0.3, 0.4) is 0 Å². The molecule has 2 aromatic carbocycles. The van der Waals surface area contributed by atoms with Gasteiger partial charge in [0.25, 0.3) is 0 Å². The van der Waals surface area contributed by atoms with E-state index in [9.17, 15) is 12.8 Å². The van der Waals surface area contributed by atoms with Crippen LogP contribution in [0.2, 0.25) is 0 Å². The number of fused-ring (bicyclic) bond motifs is 1. The van der Waals surface area contributed by atoms with Crippen LogP contribution in [0.5, 0.6) is 5.75 Å². The fraction of sp³-hybridized carbons (Fsp3) is 0.478. The summed E-state index contributed by atoms with van der Waals surface area (Å²) in [6.45, 7) is 4.44. The number of hydrogen-bond acceptors (Lipinski definition) is 6. The first-order valence-electron chi connectivity index (χ1n) is 11.0. The van der Waals surface area contributed by atoms with Gasteiger partial charge in [0.2, 0.25) is 10.0 Å². The molecule has 0 spiro atoms. The highest BCUT2D eigenvalue weighted by molar-refractivity contribution is 7.89. The third kappa shape index (κ3) is 4.04. The molecule has 2 atom stereocenters. The number of ether oxygens (including phenoxy) is 2. The van der Waals surface area contributed by atoms with E-state index < -0.39 is 10.0 Å². The van der Waals surface area contributed by atoms with Crippen molar-refractivity contribution >= 4 is 21.4 Å². The number of nitrogens with one attached hydrogen (secondary N) is 1. The minimum atomic E-state index is -3.48. The molecule has 172 valence electrons. The second kappa shape index (κ2) is 8.53. The van der Waals surface area contributed by atoms with Crippen LogP contribution in [0.15, 0.2) is 47.4 Å². The molecule has 2 unspecified atom stereocenters. The lowest BCUT2D eigenvalue weighted by molar-refractivity contribution is 0.122. The van der Waals surface area contributed by atoms with Gasteiger partial charge < -0.3 is 19.7 Å². The molecular weight excluding hydrogens is 433 g/mol. The summed E-state index contributed by atoms with van der Waals surface area (Å²) >= 11 is 0. The van der Waals surface area contributed by atoms with E-state index in [0.29, 0.717) is 73.5 Å². The van der Waals surface area contributed by atoms with E-state index in [-0.39, 0.29) is 5.82 Å². The number of halogens is 1. The molecule has 2 aromatic rings. The van der Waals surface area contributed by atoms with Crippen molar-refractivity contribution in [3.05, 3.63) is 48.3 Å². The number of nitrogens with zero attached hydrogens (tertiary/aromatic N) is 2. The Kier molecular flexibility index (Phi) is 5.73. The number of sulfonamides is 1. The molecule has 0 amide bonds. The van der Waals surface area contributed by atoms with Crippen LogP contribution in [0, 0.1) is 23.6 Å². The van der Waals surface area contributed by atoms with Gasteiger partial charge in [0.1, 0.15) is 11.6 Å². The molecule has 1 N–H and O–H groups in total. The molecule has 0 aromatic heterocycles. The molecule has 9 heteroatoms. The molecule has 0 bridgehead atoms. The average Bonchev–Trinajstić information content (AvgIpc) is 3.25. The maximum Gasteiger partial charge on any atom is 0.243 e. The second-order valence-electron chi connectivity index (χ2n) is 8.64. The lowest BCUT2D eigenvalue weighted by Crippen LogP contribution is -2.36. The number of rotatable bonds is 7. The Hall–Kier alpha value is -2.36. The van der Waals surface area contributed by atoms with Crippen molar-refractivity contribution in [2.75, 3.05) is 63.3 Å². The first kappa shape index (κ1) is 21.5. The molecule has 5 rings (SSSR count). The molecule has 3 fully saturated rings. The molecule has 3 aliphatic rings. The summed E-state index contributed by atoms with van der Waals surface area (Å²) in [5.41, 5.74) is 1.37. The van der Waals surface area contributed by atoms with Gasteiger partial charge >= 0.3 is 0 Å². The van der Waals surface area contributed by atoms with E-state index in [2.05, 4.69) is 5.32 Å². The van der Waals surface area contributed by atoms with Crippen LogP contribution in [-0.4, -0.2) is 65.8 Å². The average molecular weight is 462 g/mol. The van der Waals surface area contributed by atoms with Crippen molar-refractivity contribution in [1.29, 1.82) is 0 Å². The Morgan fingerprint density at radius 2 is 1.78 bits per heavy atom. The number of piperidine rings is 1. The summed E-state index contributed by atoms with van der Waals surface area (Å²) in [4.78, 5) is 2.30. The molecule has 2 saturated heterocycles. The standard InChI is InChI=1S/C23H28FN3O4S/c1-30-17-3-5-18(6-4-17)32(28,29)27-14-20-19(21(20)15-27)13-25-16-2-7-23(22(24)12-16)26-8-10-31-11-9-26/h2-7,12,19-21,25H,8-11,13-15H2,1H3. The van der Waals surface area contributed by atoms with Gasteiger partial charge in [0, 0.05) is 38.4 Å². The van der Waals surface area contributed by atoms with Crippen molar-refractivity contribution in [1.82, 2.24) is 4.31 Å². The summed E-state index contributed by atoms with van der Waals surface area (Å²) < 4.78 is 52.4. The van der Waals surface area contributed by atoms with Gasteiger partial charge in [-0.2, -0.15) is 4.31 Å². The van der Waals surface area contributed by atoms with Crippen LogP contribution < -0.4 is 15.0 Å². The third-order valence-corrected chi connectivity index (χ3v) is 8.72. The van der Waals surface area contributed by atoms with Gasteiger partial charge in [-0.05, 0) is 60.2 Å². The number of benzene rings is 2. The summed E-state index contributed by atoms with van der Waals surface area (Å²) in [7, 11) is -1.93. The highest BCUT2D eigenvalue weighted by Gasteiger charge is 2.57. The SMILES string of the molecule is COc1ccc(S(=O)(=O)N2CC3C(CNc4ccc(N5CCOCC5)c(F)c4)C3C2)cc1. The van der Waals surface area contributed by atoms with Crippen LogP contribution in [0.1, 0.15) is 0 Å². The van der Waals surface area contributed by atoms with E-state index >= 15 is 0 Å². The highest BCUT2D eigenvalue weighted by Crippen LogP contribution is 2.52. The van der Waals surface area contributed by atoms with Gasteiger partial charge in [-0.3, -0.25) is 0 Å². The number of anilines is 2. The molecule has 1 saturated carbocycles. The van der Waals surface area contributed by atoms with Crippen molar-refractivity contribution in [3.8, 4) is 5.75 Å². The zero-order chi connectivity index (χ0) is 22.3. The van der Waals surface area contributed by atoms with Crippen molar-refractivity contribution in [3.63, 3.8) is 0 Å². The normalized spacial score (nSPS) is 25.4. The van der Waals surface area contributed by atoms with Crippen molar-refractivity contribution in [2.45, 2.75) is 4.90 Å². The fourth-order valence-electron chi connectivity index (χ4n) is 4.92. The predicted molar refractivity (Wildman–Crippen MR) is 120 cm³/mol. The maximum absolute atomic E-state index is 14.6. The van der Waals surface area contributed by atoms with Crippen LogP contribution in [-0.2, 0) is 14.8 Å². The van der Waals surface area contributed by atoms with Crippen LogP contribution in [0.4, 0.5) is 15.8 Å². The second-order valence-corrected chi connectivity index (χ2v) is 10.6. The van der Waals surface area contributed by atoms with E-state index in [4.69, 9.17) is 9.47 Å². The van der Waals surface area contributed by atoms with Gasteiger partial charge in [-0.15, -0.1) is 0 Å². The summed E-state index contributed by atoms with van der Waals surface area (Å²) in [6, 6.07) is 11.8. The molecule has 32 heavy (non-hydrogen) atoms. The van der Waals surface area contributed by atoms with E-state index in [1.54, 1.807) is 41.7 Å². The quantitative estimate of drug-likeness (QED) is 0.684. The van der Waals surface area contributed by atoms with E-state index in [0.717, 1.165) is 12.2 Å². The first-order valence-corrected chi connectivity index (χ1v) is 12.4. The van der Waals surface area contributed by atoms with Gasteiger partial charge in [0.15, 0.2) is 0 Å². The molecule has 7 nitrogen and oxygen atoms in total. The monoisotopic (exact) mass is 461 g/mol. The molecule has 2 aliphatic heterocycles. The lowest BCUT2D eigenvalue weighted by Gasteiger charge is -2.29. The van der Waals surface area contributed by atoms with Crippen LogP contribution in [0.25, 0.3) is 0 Å². The van der Waals surface area contributed by atoms with Crippen LogP contribution >= 0.6 is 0 Å².